The molecule has 3 rings (SSSR count). The van der Waals surface area contributed by atoms with Crippen LogP contribution in [0.25, 0.3) is 5.65 Å². The van der Waals surface area contributed by atoms with Gasteiger partial charge in [-0.3, -0.25) is 0 Å². The Morgan fingerprint density at radius 2 is 2.29 bits per heavy atom. The zero-order valence-electron chi connectivity index (χ0n) is 7.68. The second-order valence-corrected chi connectivity index (χ2v) is 3.87. The summed E-state index contributed by atoms with van der Waals surface area (Å²) in [6.45, 7) is 0. The van der Waals surface area contributed by atoms with Gasteiger partial charge in [0, 0.05) is 12.4 Å². The van der Waals surface area contributed by atoms with Crippen molar-refractivity contribution in [3.05, 3.63) is 36.3 Å². The van der Waals surface area contributed by atoms with E-state index >= 15 is 0 Å². The Hall–Kier alpha value is -1.64. The highest BCUT2D eigenvalue weighted by atomic mass is 16.1. The Bertz CT molecular complexity index is 464. The van der Waals surface area contributed by atoms with E-state index < -0.39 is 0 Å². The number of hydrogen-bond acceptors (Lipinski definition) is 2. The van der Waals surface area contributed by atoms with E-state index in [9.17, 15) is 4.79 Å². The van der Waals surface area contributed by atoms with Crippen LogP contribution < -0.4 is 0 Å². The van der Waals surface area contributed by atoms with Gasteiger partial charge in [-0.1, -0.05) is 6.07 Å². The molecule has 0 bridgehead atoms. The second kappa shape index (κ2) is 2.44. The Labute approximate surface area is 81.4 Å². The molecule has 2 aromatic heterocycles. The Morgan fingerprint density at radius 3 is 2.93 bits per heavy atom. The lowest BCUT2D eigenvalue weighted by Gasteiger charge is -1.98. The van der Waals surface area contributed by atoms with E-state index in [0.29, 0.717) is 0 Å². The number of nitrogens with zero attached hydrogens (tertiary/aromatic N) is 2. The molecule has 0 atom stereocenters. The zero-order valence-corrected chi connectivity index (χ0v) is 7.68. The maximum atomic E-state index is 10.9. The van der Waals surface area contributed by atoms with Gasteiger partial charge in [0.1, 0.15) is 11.9 Å². The molecule has 0 amide bonds. The van der Waals surface area contributed by atoms with Crippen LogP contribution in [0.15, 0.2) is 30.6 Å². The number of fused-ring (bicyclic) bond motifs is 1. The molecule has 1 aliphatic rings. The third-order valence-electron chi connectivity index (χ3n) is 2.89. The average Bonchev–Trinajstić information content (AvgIpc) is 2.91. The van der Waals surface area contributed by atoms with E-state index in [1.165, 1.54) is 0 Å². The number of aldehydes is 1. The molecule has 0 N–H and O–H groups in total. The Balaban J connectivity index is 2.19. The molecule has 0 aliphatic heterocycles. The van der Waals surface area contributed by atoms with Gasteiger partial charge in [0.15, 0.2) is 0 Å². The first-order chi connectivity index (χ1) is 6.84. The molecule has 0 aromatic carbocycles. The molecular weight excluding hydrogens is 176 g/mol. The molecule has 0 unspecified atom stereocenters. The standard InChI is InChI=1S/C11H10N2O/c14-8-11(4-5-11)9-7-13-6-2-1-3-10(13)12-9/h1-3,6-8H,4-5H2. The fraction of sp³-hybridized carbons (Fsp3) is 0.273. The molecule has 1 saturated carbocycles. The van der Waals surface area contributed by atoms with Crippen LogP contribution in [0.3, 0.4) is 0 Å². The number of imidazole rings is 1. The molecule has 0 spiro atoms. The largest absolute Gasteiger partial charge is 0.307 e. The molecule has 70 valence electrons. The molecule has 0 saturated heterocycles. The summed E-state index contributed by atoms with van der Waals surface area (Å²) in [4.78, 5) is 15.4. The Kier molecular flexibility index (Phi) is 1.35. The van der Waals surface area contributed by atoms with Gasteiger partial charge in [0.25, 0.3) is 0 Å². The first-order valence-electron chi connectivity index (χ1n) is 4.75. The van der Waals surface area contributed by atoms with Gasteiger partial charge in [0.2, 0.25) is 0 Å². The van der Waals surface area contributed by atoms with Crippen molar-refractivity contribution in [1.29, 1.82) is 0 Å². The van der Waals surface area contributed by atoms with E-state index in [-0.39, 0.29) is 5.41 Å². The fourth-order valence-electron chi connectivity index (χ4n) is 1.74. The van der Waals surface area contributed by atoms with Crippen molar-refractivity contribution < 1.29 is 4.79 Å². The molecule has 2 aromatic rings. The van der Waals surface area contributed by atoms with Crippen molar-refractivity contribution in [3.63, 3.8) is 0 Å². The third-order valence-corrected chi connectivity index (χ3v) is 2.89. The number of rotatable bonds is 2. The van der Waals surface area contributed by atoms with Crippen molar-refractivity contribution in [3.8, 4) is 0 Å². The van der Waals surface area contributed by atoms with Crippen LogP contribution in [0.4, 0.5) is 0 Å². The summed E-state index contributed by atoms with van der Waals surface area (Å²) in [6, 6.07) is 5.86. The summed E-state index contributed by atoms with van der Waals surface area (Å²) in [5.74, 6) is 0. The number of aromatic nitrogens is 2. The van der Waals surface area contributed by atoms with Gasteiger partial charge in [0.05, 0.1) is 11.1 Å². The van der Waals surface area contributed by atoms with Crippen LogP contribution in [-0.2, 0) is 10.2 Å². The van der Waals surface area contributed by atoms with E-state index in [4.69, 9.17) is 0 Å². The predicted molar refractivity (Wildman–Crippen MR) is 52.2 cm³/mol. The van der Waals surface area contributed by atoms with Crippen molar-refractivity contribution in [1.82, 2.24) is 9.38 Å². The molecule has 2 heterocycles. The third kappa shape index (κ3) is 0.923. The van der Waals surface area contributed by atoms with Crippen LogP contribution in [0, 0.1) is 0 Å². The van der Waals surface area contributed by atoms with Crippen LogP contribution in [0.1, 0.15) is 18.5 Å². The number of hydrogen-bond donors (Lipinski definition) is 0. The molecule has 3 nitrogen and oxygen atoms in total. The second-order valence-electron chi connectivity index (χ2n) is 3.87. The SMILES string of the molecule is O=CC1(c2cn3ccccc3n2)CC1. The van der Waals surface area contributed by atoms with E-state index in [1.54, 1.807) is 0 Å². The van der Waals surface area contributed by atoms with Crippen LogP contribution in [-0.4, -0.2) is 15.7 Å². The fourth-order valence-corrected chi connectivity index (χ4v) is 1.74. The first-order valence-corrected chi connectivity index (χ1v) is 4.75. The molecule has 0 radical (unpaired) electrons. The summed E-state index contributed by atoms with van der Waals surface area (Å²) >= 11 is 0. The maximum Gasteiger partial charge on any atom is 0.137 e. The van der Waals surface area contributed by atoms with E-state index in [2.05, 4.69) is 4.98 Å². The van der Waals surface area contributed by atoms with Gasteiger partial charge in [-0.25, -0.2) is 4.98 Å². The van der Waals surface area contributed by atoms with Crippen molar-refractivity contribution in [2.24, 2.45) is 0 Å². The smallest absolute Gasteiger partial charge is 0.137 e. The minimum absolute atomic E-state index is 0.258. The highest BCUT2D eigenvalue weighted by molar-refractivity contribution is 5.72. The van der Waals surface area contributed by atoms with Crippen molar-refractivity contribution in [2.75, 3.05) is 0 Å². The Morgan fingerprint density at radius 1 is 1.43 bits per heavy atom. The predicted octanol–water partition coefficient (Wildman–Crippen LogP) is 1.56. The minimum Gasteiger partial charge on any atom is -0.307 e. The maximum absolute atomic E-state index is 10.9. The molecule has 14 heavy (non-hydrogen) atoms. The number of pyridine rings is 1. The lowest BCUT2D eigenvalue weighted by Crippen LogP contribution is -2.07. The van der Waals surface area contributed by atoms with Crippen molar-refractivity contribution in [2.45, 2.75) is 18.3 Å². The van der Waals surface area contributed by atoms with Crippen LogP contribution in [0.5, 0.6) is 0 Å². The number of carbonyl (C=O) groups excluding carboxylic acids is 1. The summed E-state index contributed by atoms with van der Waals surface area (Å²) in [7, 11) is 0. The molecule has 3 heteroatoms. The summed E-state index contributed by atoms with van der Waals surface area (Å²) < 4.78 is 1.96. The van der Waals surface area contributed by atoms with Gasteiger partial charge in [-0.15, -0.1) is 0 Å². The van der Waals surface area contributed by atoms with Gasteiger partial charge in [-0.05, 0) is 25.0 Å². The number of carbonyl (C=O) groups is 1. The molecule has 1 fully saturated rings. The van der Waals surface area contributed by atoms with Gasteiger partial charge >= 0.3 is 0 Å². The van der Waals surface area contributed by atoms with E-state index in [0.717, 1.165) is 30.5 Å². The summed E-state index contributed by atoms with van der Waals surface area (Å²) in [6.07, 6.45) is 6.83. The molecule has 1 aliphatic carbocycles. The molecular formula is C11H10N2O. The highest BCUT2D eigenvalue weighted by Crippen LogP contribution is 2.45. The monoisotopic (exact) mass is 186 g/mol. The quantitative estimate of drug-likeness (QED) is 0.667. The average molecular weight is 186 g/mol. The highest BCUT2D eigenvalue weighted by Gasteiger charge is 2.46. The lowest BCUT2D eigenvalue weighted by atomic mass is 10.1. The summed E-state index contributed by atoms with van der Waals surface area (Å²) in [5.41, 5.74) is 1.57. The zero-order chi connectivity index (χ0) is 9.60. The van der Waals surface area contributed by atoms with Crippen LogP contribution in [0.2, 0.25) is 0 Å². The first kappa shape index (κ1) is 7.74. The van der Waals surface area contributed by atoms with Gasteiger partial charge in [-0.2, -0.15) is 0 Å². The van der Waals surface area contributed by atoms with Gasteiger partial charge < -0.3 is 9.20 Å². The lowest BCUT2D eigenvalue weighted by molar-refractivity contribution is -0.109. The van der Waals surface area contributed by atoms with Crippen molar-refractivity contribution >= 4 is 11.9 Å². The topological polar surface area (TPSA) is 34.4 Å². The minimum atomic E-state index is -0.258. The van der Waals surface area contributed by atoms with E-state index in [1.807, 2.05) is 35.0 Å². The summed E-state index contributed by atoms with van der Waals surface area (Å²) in [5, 5.41) is 0. The van der Waals surface area contributed by atoms with Crippen LogP contribution >= 0.6 is 0 Å². The normalized spacial score (nSPS) is 18.3.